The molecule has 0 aliphatic rings. The number of thiophene rings is 2. The van der Waals surface area contributed by atoms with Crippen molar-refractivity contribution < 1.29 is 0 Å². The van der Waals surface area contributed by atoms with Crippen LogP contribution in [-0.2, 0) is 6.42 Å². The molecule has 4 heteroatoms. The fourth-order valence-electron chi connectivity index (χ4n) is 4.29. The number of nitrogens with zero attached hydrogens (tertiary/aromatic N) is 2. The van der Waals surface area contributed by atoms with Gasteiger partial charge in [-0.15, -0.1) is 22.7 Å². The minimum atomic E-state index is 0.922. The fourth-order valence-corrected chi connectivity index (χ4v) is 5.75. The Morgan fingerprint density at radius 1 is 0.571 bits per heavy atom. The van der Waals surface area contributed by atoms with Gasteiger partial charge in [0.05, 0.1) is 11.4 Å². The molecular weight excluding hydrogens is 464 g/mol. The number of rotatable bonds is 10. The summed E-state index contributed by atoms with van der Waals surface area (Å²) in [6.45, 7) is 2.26. The molecule has 0 fully saturated rings. The predicted octanol–water partition coefficient (Wildman–Crippen LogP) is 9.78. The van der Waals surface area contributed by atoms with E-state index in [1.54, 1.807) is 22.7 Å². The second kappa shape index (κ2) is 11.6. The lowest BCUT2D eigenvalue weighted by Gasteiger charge is -2.10. The molecule has 0 aliphatic carbocycles. The average molecular weight is 495 g/mol. The molecule has 176 valence electrons. The second-order valence-electron chi connectivity index (χ2n) is 8.83. The normalized spacial score (nSPS) is 11.1. The number of hydrogen-bond acceptors (Lipinski definition) is 4. The van der Waals surface area contributed by atoms with Crippen LogP contribution in [0.15, 0.2) is 89.6 Å². The van der Waals surface area contributed by atoms with Gasteiger partial charge in [0, 0.05) is 27.3 Å². The highest BCUT2D eigenvalue weighted by molar-refractivity contribution is 7.13. The first-order valence-corrected chi connectivity index (χ1v) is 14.2. The van der Waals surface area contributed by atoms with Crippen molar-refractivity contribution >= 4 is 22.7 Å². The minimum Gasteiger partial charge on any atom is -0.233 e. The summed E-state index contributed by atoms with van der Waals surface area (Å²) in [5.41, 5.74) is 6.77. The maximum atomic E-state index is 4.99. The molecule has 35 heavy (non-hydrogen) atoms. The Morgan fingerprint density at radius 2 is 1.06 bits per heavy atom. The third kappa shape index (κ3) is 5.95. The van der Waals surface area contributed by atoms with E-state index in [9.17, 15) is 0 Å². The van der Waals surface area contributed by atoms with Gasteiger partial charge >= 0.3 is 0 Å². The zero-order valence-corrected chi connectivity index (χ0v) is 21.7. The smallest absolute Gasteiger partial charge is 0.129 e. The van der Waals surface area contributed by atoms with Crippen molar-refractivity contribution in [3.8, 4) is 43.4 Å². The van der Waals surface area contributed by atoms with Crippen LogP contribution in [0.1, 0.15) is 44.9 Å². The molecule has 5 aromatic rings. The standard InChI is InChI=1S/C31H30N2S2/c1-2-3-4-5-6-11-31-32-27(23-12-16-25(17-13-23)29-9-7-20-34-29)22-28(33-31)24-14-18-26(19-15-24)30-10-8-21-35-30/h7-10,12-22H,2-6,11H2,1H3. The Morgan fingerprint density at radius 3 is 1.51 bits per heavy atom. The summed E-state index contributed by atoms with van der Waals surface area (Å²) in [5, 5.41) is 4.24. The monoisotopic (exact) mass is 494 g/mol. The SMILES string of the molecule is CCCCCCCc1nc(-c2ccc(-c3cccs3)cc2)cc(-c2ccc(-c3cccs3)cc2)n1. The molecule has 0 saturated carbocycles. The summed E-state index contributed by atoms with van der Waals surface area (Å²) in [6, 6.07) is 28.2. The van der Waals surface area contributed by atoms with Crippen molar-refractivity contribution in [3.63, 3.8) is 0 Å². The van der Waals surface area contributed by atoms with Crippen LogP contribution in [0.3, 0.4) is 0 Å². The van der Waals surface area contributed by atoms with E-state index in [4.69, 9.17) is 9.97 Å². The maximum Gasteiger partial charge on any atom is 0.129 e. The largest absolute Gasteiger partial charge is 0.233 e. The van der Waals surface area contributed by atoms with E-state index >= 15 is 0 Å². The van der Waals surface area contributed by atoms with Gasteiger partial charge in [-0.1, -0.05) is 93.3 Å². The lowest BCUT2D eigenvalue weighted by atomic mass is 10.0. The molecule has 2 nitrogen and oxygen atoms in total. The molecule has 2 aromatic carbocycles. The molecule has 5 rings (SSSR count). The van der Waals surface area contributed by atoms with Gasteiger partial charge in [0.2, 0.25) is 0 Å². The molecule has 0 atom stereocenters. The molecular formula is C31H30N2S2. The summed E-state index contributed by atoms with van der Waals surface area (Å²) in [6.07, 6.45) is 7.15. The highest BCUT2D eigenvalue weighted by Crippen LogP contribution is 2.31. The topological polar surface area (TPSA) is 25.8 Å². The fraction of sp³-hybridized carbons (Fsp3) is 0.226. The Balaban J connectivity index is 1.44. The number of aryl methyl sites for hydroxylation is 1. The maximum absolute atomic E-state index is 4.99. The average Bonchev–Trinajstić information content (AvgIpc) is 3.64. The van der Waals surface area contributed by atoms with E-state index < -0.39 is 0 Å². The van der Waals surface area contributed by atoms with Crippen LogP contribution < -0.4 is 0 Å². The highest BCUT2D eigenvalue weighted by Gasteiger charge is 2.10. The van der Waals surface area contributed by atoms with Crippen molar-refractivity contribution in [1.82, 2.24) is 9.97 Å². The molecule has 0 saturated heterocycles. The van der Waals surface area contributed by atoms with Gasteiger partial charge in [-0.25, -0.2) is 9.97 Å². The van der Waals surface area contributed by atoms with Gasteiger partial charge in [-0.05, 0) is 46.5 Å². The molecule has 0 radical (unpaired) electrons. The summed E-state index contributed by atoms with van der Waals surface area (Å²) in [7, 11) is 0. The van der Waals surface area contributed by atoms with Crippen molar-refractivity contribution in [1.29, 1.82) is 0 Å². The van der Waals surface area contributed by atoms with Crippen LogP contribution in [0.5, 0.6) is 0 Å². The summed E-state index contributed by atoms with van der Waals surface area (Å²) >= 11 is 3.54. The van der Waals surface area contributed by atoms with Crippen molar-refractivity contribution in [2.45, 2.75) is 45.4 Å². The molecule has 0 bridgehead atoms. The van der Waals surface area contributed by atoms with Gasteiger partial charge in [0.15, 0.2) is 0 Å². The summed E-state index contributed by atoms with van der Waals surface area (Å²) in [4.78, 5) is 12.6. The third-order valence-corrected chi connectivity index (χ3v) is 8.09. The van der Waals surface area contributed by atoms with Gasteiger partial charge in [0.25, 0.3) is 0 Å². The Hall–Kier alpha value is -3.08. The van der Waals surface area contributed by atoms with E-state index in [1.807, 2.05) is 0 Å². The van der Waals surface area contributed by atoms with Crippen LogP contribution in [0.4, 0.5) is 0 Å². The van der Waals surface area contributed by atoms with Crippen molar-refractivity contribution in [2.24, 2.45) is 0 Å². The molecule has 0 spiro atoms. The first kappa shape index (κ1) is 23.7. The first-order chi connectivity index (χ1) is 17.3. The van der Waals surface area contributed by atoms with Crippen molar-refractivity contribution in [3.05, 3.63) is 95.4 Å². The van der Waals surface area contributed by atoms with Crippen LogP contribution in [0.25, 0.3) is 43.4 Å². The van der Waals surface area contributed by atoms with Gasteiger partial charge < -0.3 is 0 Å². The zero-order chi connectivity index (χ0) is 23.9. The second-order valence-corrected chi connectivity index (χ2v) is 10.7. The summed E-state index contributed by atoms with van der Waals surface area (Å²) < 4.78 is 0. The Kier molecular flexibility index (Phi) is 7.82. The number of hydrogen-bond donors (Lipinski definition) is 0. The van der Waals surface area contributed by atoms with Crippen LogP contribution in [-0.4, -0.2) is 9.97 Å². The molecule has 3 heterocycles. The summed E-state index contributed by atoms with van der Waals surface area (Å²) in [5.74, 6) is 0.943. The van der Waals surface area contributed by atoms with Crippen LogP contribution in [0, 0.1) is 0 Å². The Labute approximate surface area is 216 Å². The number of unbranched alkanes of at least 4 members (excludes halogenated alkanes) is 4. The Bertz CT molecular complexity index is 1220. The molecule has 0 unspecified atom stereocenters. The predicted molar refractivity (Wildman–Crippen MR) is 152 cm³/mol. The van der Waals surface area contributed by atoms with Crippen LogP contribution in [0.2, 0.25) is 0 Å². The minimum absolute atomic E-state index is 0.922. The lowest BCUT2D eigenvalue weighted by Crippen LogP contribution is -2.00. The van der Waals surface area contributed by atoms with E-state index in [2.05, 4.69) is 96.5 Å². The molecule has 0 N–H and O–H groups in total. The highest BCUT2D eigenvalue weighted by atomic mass is 32.1. The van der Waals surface area contributed by atoms with E-state index in [0.717, 1.165) is 41.2 Å². The molecule has 0 amide bonds. The van der Waals surface area contributed by atoms with Gasteiger partial charge in [-0.3, -0.25) is 0 Å². The van der Waals surface area contributed by atoms with Crippen LogP contribution >= 0.6 is 22.7 Å². The molecule has 3 aromatic heterocycles. The van der Waals surface area contributed by atoms with Gasteiger partial charge in [0.1, 0.15) is 5.82 Å². The lowest BCUT2D eigenvalue weighted by molar-refractivity contribution is 0.623. The quantitative estimate of drug-likeness (QED) is 0.181. The first-order valence-electron chi connectivity index (χ1n) is 12.5. The van der Waals surface area contributed by atoms with Crippen molar-refractivity contribution in [2.75, 3.05) is 0 Å². The number of aromatic nitrogens is 2. The van der Waals surface area contributed by atoms with E-state index in [0.29, 0.717) is 0 Å². The van der Waals surface area contributed by atoms with Gasteiger partial charge in [-0.2, -0.15) is 0 Å². The third-order valence-electron chi connectivity index (χ3n) is 6.25. The number of benzene rings is 2. The van der Waals surface area contributed by atoms with E-state index in [1.165, 1.54) is 46.6 Å². The molecule has 0 aliphatic heterocycles. The zero-order valence-electron chi connectivity index (χ0n) is 20.1. The van der Waals surface area contributed by atoms with E-state index in [-0.39, 0.29) is 0 Å².